The van der Waals surface area contributed by atoms with E-state index in [2.05, 4.69) is 29.2 Å². The summed E-state index contributed by atoms with van der Waals surface area (Å²) in [4.78, 5) is 16.4. The Morgan fingerprint density at radius 1 is 1.10 bits per heavy atom. The van der Waals surface area contributed by atoms with Crippen molar-refractivity contribution >= 4 is 23.2 Å². The maximum Gasteiger partial charge on any atom is 0.227 e. The van der Waals surface area contributed by atoms with Crippen LogP contribution in [0.4, 0.5) is 5.69 Å². The molecule has 0 radical (unpaired) electrons. The minimum Gasteiger partial charge on any atom is -0.312 e. The highest BCUT2D eigenvalue weighted by Crippen LogP contribution is 2.26. The number of halogens is 1. The molecule has 2 aliphatic rings. The number of likely N-dealkylation sites (tertiary alicyclic amines) is 1. The van der Waals surface area contributed by atoms with E-state index in [4.69, 9.17) is 11.6 Å². The fourth-order valence-electron chi connectivity index (χ4n) is 3.29. The van der Waals surface area contributed by atoms with Crippen molar-refractivity contribution in [3.8, 4) is 0 Å². The molecule has 2 fully saturated rings. The van der Waals surface area contributed by atoms with E-state index in [0.717, 1.165) is 18.8 Å². The molecular weight excluding hydrogens is 284 g/mol. The highest BCUT2D eigenvalue weighted by atomic mass is 35.5. The smallest absolute Gasteiger partial charge is 0.227 e. The van der Waals surface area contributed by atoms with Crippen molar-refractivity contribution in [3.63, 3.8) is 0 Å². The minimum atomic E-state index is 0.199. The topological polar surface area (TPSA) is 23.6 Å². The van der Waals surface area contributed by atoms with Crippen molar-refractivity contribution in [3.05, 3.63) is 29.8 Å². The summed E-state index contributed by atoms with van der Waals surface area (Å²) in [7, 11) is 0. The van der Waals surface area contributed by atoms with Crippen LogP contribution in [0.1, 0.15) is 31.2 Å². The monoisotopic (exact) mass is 306 g/mol. The Balaban J connectivity index is 1.62. The number of alkyl halides is 1. The molecule has 3 rings (SSSR count). The quantitative estimate of drug-likeness (QED) is 0.797. The van der Waals surface area contributed by atoms with Crippen LogP contribution < -0.4 is 4.90 Å². The number of piperidine rings is 1. The second-order valence-corrected chi connectivity index (χ2v) is 6.54. The van der Waals surface area contributed by atoms with E-state index in [0.29, 0.717) is 18.2 Å². The van der Waals surface area contributed by atoms with Crippen molar-refractivity contribution in [2.24, 2.45) is 5.92 Å². The number of anilines is 1. The molecule has 0 aromatic heterocycles. The Labute approximate surface area is 131 Å². The van der Waals surface area contributed by atoms with Crippen LogP contribution in [0.3, 0.4) is 0 Å². The van der Waals surface area contributed by atoms with Gasteiger partial charge in [-0.2, -0.15) is 0 Å². The van der Waals surface area contributed by atoms with Crippen molar-refractivity contribution < 1.29 is 4.79 Å². The van der Waals surface area contributed by atoms with Gasteiger partial charge in [0.2, 0.25) is 5.91 Å². The largest absolute Gasteiger partial charge is 0.312 e. The highest BCUT2D eigenvalue weighted by molar-refractivity contribution is 6.18. The van der Waals surface area contributed by atoms with E-state index in [1.54, 1.807) is 0 Å². The lowest BCUT2D eigenvalue weighted by atomic mass is 10.1. The molecule has 114 valence electrons. The van der Waals surface area contributed by atoms with E-state index >= 15 is 0 Å². The van der Waals surface area contributed by atoms with Gasteiger partial charge in [0, 0.05) is 31.1 Å². The highest BCUT2D eigenvalue weighted by Gasteiger charge is 2.29. The van der Waals surface area contributed by atoms with E-state index in [1.165, 1.54) is 37.9 Å². The second-order valence-electron chi connectivity index (χ2n) is 6.23. The maximum atomic E-state index is 12.0. The predicted molar refractivity (Wildman–Crippen MR) is 86.8 cm³/mol. The summed E-state index contributed by atoms with van der Waals surface area (Å²) in [5.41, 5.74) is 2.34. The van der Waals surface area contributed by atoms with Crippen molar-refractivity contribution in [1.82, 2.24) is 4.90 Å². The summed E-state index contributed by atoms with van der Waals surface area (Å²) in [6.07, 6.45) is 4.59. The van der Waals surface area contributed by atoms with Crippen LogP contribution in [0.5, 0.6) is 0 Å². The average Bonchev–Trinajstić information content (AvgIpc) is 2.90. The molecule has 1 aromatic carbocycles. The number of carbonyl (C=O) groups excluding carboxylic acids is 1. The molecule has 0 bridgehead atoms. The number of benzene rings is 1. The van der Waals surface area contributed by atoms with Crippen LogP contribution in [0, 0.1) is 5.92 Å². The fraction of sp³-hybridized carbons (Fsp3) is 0.588. The molecule has 1 aromatic rings. The van der Waals surface area contributed by atoms with Gasteiger partial charge in [0.05, 0.1) is 0 Å². The van der Waals surface area contributed by atoms with Gasteiger partial charge in [-0.1, -0.05) is 18.6 Å². The lowest BCUT2D eigenvalue weighted by Crippen LogP contribution is -2.29. The molecule has 0 spiro atoms. The number of hydrogen-bond donors (Lipinski definition) is 0. The third-order valence-electron chi connectivity index (χ3n) is 4.53. The van der Waals surface area contributed by atoms with Gasteiger partial charge in [-0.25, -0.2) is 0 Å². The molecule has 0 saturated carbocycles. The van der Waals surface area contributed by atoms with E-state index in [9.17, 15) is 4.79 Å². The summed E-state index contributed by atoms with van der Waals surface area (Å²) in [5.74, 6) is 1.06. The standard InChI is InChI=1S/C17H23ClN2O/c18-11-15-10-17(21)20(13-15)16-6-4-14(5-7-16)12-19-8-2-1-3-9-19/h4-7,15H,1-3,8-13H2. The number of rotatable bonds is 4. The first-order valence-electron chi connectivity index (χ1n) is 7.94. The van der Waals surface area contributed by atoms with Crippen LogP contribution in [-0.2, 0) is 11.3 Å². The van der Waals surface area contributed by atoms with Gasteiger partial charge in [0.1, 0.15) is 0 Å². The lowest BCUT2D eigenvalue weighted by Gasteiger charge is -2.26. The molecule has 2 heterocycles. The Kier molecular flexibility index (Phi) is 4.81. The molecule has 2 aliphatic heterocycles. The van der Waals surface area contributed by atoms with Crippen LogP contribution in [0.25, 0.3) is 0 Å². The van der Waals surface area contributed by atoms with E-state index in [1.807, 2.05) is 4.90 Å². The van der Waals surface area contributed by atoms with Gasteiger partial charge in [-0.05, 0) is 49.5 Å². The Hall–Kier alpha value is -1.06. The molecule has 1 unspecified atom stereocenters. The molecule has 21 heavy (non-hydrogen) atoms. The van der Waals surface area contributed by atoms with Gasteiger partial charge in [-0.3, -0.25) is 9.69 Å². The first-order chi connectivity index (χ1) is 10.3. The van der Waals surface area contributed by atoms with Gasteiger partial charge in [0.15, 0.2) is 0 Å². The lowest BCUT2D eigenvalue weighted by molar-refractivity contribution is -0.117. The zero-order valence-corrected chi connectivity index (χ0v) is 13.2. The number of hydrogen-bond acceptors (Lipinski definition) is 2. The molecule has 2 saturated heterocycles. The van der Waals surface area contributed by atoms with Crippen LogP contribution in [0.15, 0.2) is 24.3 Å². The summed E-state index contributed by atoms with van der Waals surface area (Å²) in [6.45, 7) is 4.21. The normalized spacial score (nSPS) is 23.8. The molecule has 1 atom stereocenters. The van der Waals surface area contributed by atoms with Crippen LogP contribution in [-0.4, -0.2) is 36.3 Å². The summed E-state index contributed by atoms with van der Waals surface area (Å²) in [5, 5.41) is 0. The minimum absolute atomic E-state index is 0.199. The zero-order valence-electron chi connectivity index (χ0n) is 12.4. The third kappa shape index (κ3) is 3.58. The maximum absolute atomic E-state index is 12.0. The number of carbonyl (C=O) groups is 1. The van der Waals surface area contributed by atoms with Crippen molar-refractivity contribution in [1.29, 1.82) is 0 Å². The van der Waals surface area contributed by atoms with E-state index in [-0.39, 0.29) is 5.91 Å². The van der Waals surface area contributed by atoms with Gasteiger partial charge >= 0.3 is 0 Å². The predicted octanol–water partition coefficient (Wildman–Crippen LogP) is 3.26. The molecule has 3 nitrogen and oxygen atoms in total. The average molecular weight is 307 g/mol. The van der Waals surface area contributed by atoms with Crippen molar-refractivity contribution in [2.45, 2.75) is 32.2 Å². The molecule has 4 heteroatoms. The number of nitrogens with zero attached hydrogens (tertiary/aromatic N) is 2. The molecule has 1 amide bonds. The van der Waals surface area contributed by atoms with Crippen LogP contribution in [0.2, 0.25) is 0 Å². The Morgan fingerprint density at radius 2 is 1.81 bits per heavy atom. The van der Waals surface area contributed by atoms with Crippen LogP contribution >= 0.6 is 11.6 Å². The number of amides is 1. The van der Waals surface area contributed by atoms with Gasteiger partial charge in [0.25, 0.3) is 0 Å². The Morgan fingerprint density at radius 3 is 2.43 bits per heavy atom. The van der Waals surface area contributed by atoms with E-state index < -0.39 is 0 Å². The SMILES string of the molecule is O=C1CC(CCl)CN1c1ccc(CN2CCCCC2)cc1. The first-order valence-corrected chi connectivity index (χ1v) is 8.47. The summed E-state index contributed by atoms with van der Waals surface area (Å²) < 4.78 is 0. The molecule has 0 N–H and O–H groups in total. The summed E-state index contributed by atoms with van der Waals surface area (Å²) in [6, 6.07) is 8.47. The van der Waals surface area contributed by atoms with Crippen molar-refractivity contribution in [2.75, 3.05) is 30.4 Å². The fourth-order valence-corrected chi connectivity index (χ4v) is 3.50. The molecule has 0 aliphatic carbocycles. The second kappa shape index (κ2) is 6.80. The first kappa shape index (κ1) is 14.9. The Bertz CT molecular complexity index is 482. The van der Waals surface area contributed by atoms with Gasteiger partial charge in [-0.15, -0.1) is 11.6 Å². The molecular formula is C17H23ClN2O. The zero-order chi connectivity index (χ0) is 14.7. The summed E-state index contributed by atoms with van der Waals surface area (Å²) >= 11 is 5.88. The van der Waals surface area contributed by atoms with Gasteiger partial charge < -0.3 is 4.90 Å². The third-order valence-corrected chi connectivity index (χ3v) is 4.96.